The van der Waals surface area contributed by atoms with Gasteiger partial charge in [0.1, 0.15) is 6.04 Å². The van der Waals surface area contributed by atoms with Gasteiger partial charge >= 0.3 is 0 Å². The van der Waals surface area contributed by atoms with E-state index in [2.05, 4.69) is 16.3 Å². The summed E-state index contributed by atoms with van der Waals surface area (Å²) in [5.41, 5.74) is 8.61. The van der Waals surface area contributed by atoms with Crippen LogP contribution in [0.4, 0.5) is 0 Å². The van der Waals surface area contributed by atoms with E-state index in [9.17, 15) is 14.4 Å². The van der Waals surface area contributed by atoms with Crippen molar-refractivity contribution >= 4 is 17.7 Å². The molecule has 2 heterocycles. The van der Waals surface area contributed by atoms with Gasteiger partial charge < -0.3 is 10.6 Å². The molecule has 3 N–H and O–H groups in total. The highest BCUT2D eigenvalue weighted by molar-refractivity contribution is 6.05. The lowest BCUT2D eigenvalue weighted by Crippen LogP contribution is -2.52. The van der Waals surface area contributed by atoms with Crippen LogP contribution in [0.25, 0.3) is 0 Å². The van der Waals surface area contributed by atoms with Gasteiger partial charge in [0.05, 0.1) is 0 Å². The predicted octanol–water partition coefficient (Wildman–Crippen LogP) is 1.54. The molecule has 7 nitrogen and oxygen atoms in total. The molecule has 1 atom stereocenters. The molecule has 29 heavy (non-hydrogen) atoms. The lowest BCUT2D eigenvalue weighted by Gasteiger charge is -2.34. The Hall–Kier alpha value is -2.25. The Morgan fingerprint density at radius 2 is 1.90 bits per heavy atom. The third kappa shape index (κ3) is 4.21. The van der Waals surface area contributed by atoms with E-state index in [0.717, 1.165) is 24.2 Å². The molecule has 1 aromatic rings. The van der Waals surface area contributed by atoms with Crippen molar-refractivity contribution in [3.63, 3.8) is 0 Å². The van der Waals surface area contributed by atoms with Crippen LogP contribution in [0.5, 0.6) is 0 Å². The average Bonchev–Trinajstić information content (AvgIpc) is 3.04. The lowest BCUT2D eigenvalue weighted by molar-refractivity contribution is -0.136. The van der Waals surface area contributed by atoms with E-state index in [1.807, 2.05) is 12.1 Å². The Balaban J connectivity index is 1.48. The molecule has 2 fully saturated rings. The van der Waals surface area contributed by atoms with Gasteiger partial charge in [-0.3, -0.25) is 24.6 Å². The Labute approximate surface area is 171 Å². The second kappa shape index (κ2) is 8.63. The standard InChI is InChI=1S/C22H30N4O3/c23-10-11-25(17-4-2-1-3-5-17)13-15-6-7-16-14-26(22(29)18(16)12-15)19-8-9-20(27)24-21(19)28/h6-7,12,17,19H,1-5,8-11,13-14,23H2,(H,24,27,28). The van der Waals surface area contributed by atoms with Crippen molar-refractivity contribution in [3.8, 4) is 0 Å². The average molecular weight is 399 g/mol. The number of rotatable bonds is 6. The number of hydrogen-bond donors (Lipinski definition) is 2. The van der Waals surface area contributed by atoms with Gasteiger partial charge in [0.2, 0.25) is 11.8 Å². The van der Waals surface area contributed by atoms with Crippen molar-refractivity contribution < 1.29 is 14.4 Å². The SMILES string of the molecule is NCCN(Cc1ccc2c(c1)C(=O)N(C1CCC(=O)NC1=O)C2)C1CCCCC1. The van der Waals surface area contributed by atoms with E-state index in [1.165, 1.54) is 32.1 Å². The number of fused-ring (bicyclic) bond motifs is 1. The number of amides is 3. The number of carbonyl (C=O) groups is 3. The molecule has 3 aliphatic rings. The van der Waals surface area contributed by atoms with Gasteiger partial charge in [-0.15, -0.1) is 0 Å². The summed E-state index contributed by atoms with van der Waals surface area (Å²) >= 11 is 0. The molecule has 1 aliphatic carbocycles. The quantitative estimate of drug-likeness (QED) is 0.709. The fraction of sp³-hybridized carbons (Fsp3) is 0.591. The summed E-state index contributed by atoms with van der Waals surface area (Å²) in [5.74, 6) is -0.742. The number of piperidine rings is 1. The maximum atomic E-state index is 13.0. The summed E-state index contributed by atoms with van der Waals surface area (Å²) in [6.45, 7) is 2.71. The van der Waals surface area contributed by atoms with Crippen molar-refractivity contribution in [2.45, 2.75) is 70.1 Å². The van der Waals surface area contributed by atoms with Gasteiger partial charge in [-0.25, -0.2) is 0 Å². The van der Waals surface area contributed by atoms with Crippen LogP contribution in [-0.4, -0.2) is 52.7 Å². The van der Waals surface area contributed by atoms with Crippen molar-refractivity contribution in [1.82, 2.24) is 15.1 Å². The number of imide groups is 1. The molecule has 0 bridgehead atoms. The maximum Gasteiger partial charge on any atom is 0.255 e. The number of nitrogens with two attached hydrogens (primary N) is 1. The fourth-order valence-corrected chi connectivity index (χ4v) is 4.94. The Morgan fingerprint density at radius 3 is 2.62 bits per heavy atom. The van der Waals surface area contributed by atoms with Gasteiger partial charge in [0.15, 0.2) is 0 Å². The van der Waals surface area contributed by atoms with Crippen molar-refractivity contribution in [2.24, 2.45) is 5.73 Å². The largest absolute Gasteiger partial charge is 0.329 e. The highest BCUT2D eigenvalue weighted by Crippen LogP contribution is 2.29. The Bertz CT molecular complexity index is 803. The minimum absolute atomic E-state index is 0.112. The first-order valence-electron chi connectivity index (χ1n) is 10.8. The van der Waals surface area contributed by atoms with E-state index in [4.69, 9.17) is 5.73 Å². The zero-order valence-corrected chi connectivity index (χ0v) is 16.9. The summed E-state index contributed by atoms with van der Waals surface area (Å²) in [4.78, 5) is 40.7. The van der Waals surface area contributed by atoms with Crippen LogP contribution in [0, 0.1) is 0 Å². The molecule has 1 aromatic carbocycles. The van der Waals surface area contributed by atoms with Gasteiger partial charge in [0, 0.05) is 44.2 Å². The topological polar surface area (TPSA) is 95.7 Å². The fourth-order valence-electron chi connectivity index (χ4n) is 4.94. The number of carbonyl (C=O) groups excluding carboxylic acids is 3. The summed E-state index contributed by atoms with van der Waals surface area (Å²) in [6, 6.07) is 6.08. The number of hydrogen-bond acceptors (Lipinski definition) is 5. The van der Waals surface area contributed by atoms with Gasteiger partial charge in [-0.1, -0.05) is 31.4 Å². The zero-order valence-electron chi connectivity index (χ0n) is 16.9. The Kier molecular flexibility index (Phi) is 5.96. The van der Waals surface area contributed by atoms with E-state index < -0.39 is 6.04 Å². The van der Waals surface area contributed by atoms with Crippen LogP contribution in [0.3, 0.4) is 0 Å². The maximum absolute atomic E-state index is 13.0. The van der Waals surface area contributed by atoms with Crippen LogP contribution < -0.4 is 11.1 Å². The van der Waals surface area contributed by atoms with Gasteiger partial charge in [-0.2, -0.15) is 0 Å². The third-order valence-corrected chi connectivity index (χ3v) is 6.49. The monoisotopic (exact) mass is 398 g/mol. The van der Waals surface area contributed by atoms with Gasteiger partial charge in [-0.05, 0) is 36.5 Å². The van der Waals surface area contributed by atoms with E-state index in [1.54, 1.807) is 4.90 Å². The first-order valence-corrected chi connectivity index (χ1v) is 10.8. The molecular formula is C22H30N4O3. The van der Waals surface area contributed by atoms with E-state index in [0.29, 0.717) is 31.1 Å². The summed E-state index contributed by atoms with van der Waals surface area (Å²) in [6.07, 6.45) is 6.96. The number of nitrogens with one attached hydrogen (secondary N) is 1. The van der Waals surface area contributed by atoms with E-state index >= 15 is 0 Å². The van der Waals surface area contributed by atoms with Crippen LogP contribution >= 0.6 is 0 Å². The second-order valence-electron chi connectivity index (χ2n) is 8.44. The molecule has 0 radical (unpaired) electrons. The van der Waals surface area contributed by atoms with Gasteiger partial charge in [0.25, 0.3) is 5.91 Å². The number of benzene rings is 1. The first-order chi connectivity index (χ1) is 14.1. The molecule has 1 unspecified atom stereocenters. The molecule has 4 rings (SSSR count). The highest BCUT2D eigenvalue weighted by atomic mass is 16.2. The molecule has 7 heteroatoms. The highest BCUT2D eigenvalue weighted by Gasteiger charge is 2.39. The zero-order chi connectivity index (χ0) is 20.4. The van der Waals surface area contributed by atoms with E-state index in [-0.39, 0.29) is 24.1 Å². The van der Waals surface area contributed by atoms with Crippen molar-refractivity contribution in [3.05, 3.63) is 34.9 Å². The van der Waals surface area contributed by atoms with Crippen LogP contribution in [0.1, 0.15) is 66.4 Å². The summed E-state index contributed by atoms with van der Waals surface area (Å²) < 4.78 is 0. The predicted molar refractivity (Wildman–Crippen MR) is 109 cm³/mol. The minimum Gasteiger partial charge on any atom is -0.329 e. The van der Waals surface area contributed by atoms with Crippen LogP contribution in [0.2, 0.25) is 0 Å². The summed E-state index contributed by atoms with van der Waals surface area (Å²) in [7, 11) is 0. The van der Waals surface area contributed by atoms with Crippen LogP contribution in [0.15, 0.2) is 18.2 Å². The molecule has 0 spiro atoms. The third-order valence-electron chi connectivity index (χ3n) is 6.49. The smallest absolute Gasteiger partial charge is 0.255 e. The molecule has 156 valence electrons. The van der Waals surface area contributed by atoms with Crippen LogP contribution in [-0.2, 0) is 22.7 Å². The molecule has 3 amide bonds. The molecule has 0 aromatic heterocycles. The Morgan fingerprint density at radius 1 is 1.10 bits per heavy atom. The molecular weight excluding hydrogens is 368 g/mol. The van der Waals surface area contributed by atoms with Crippen molar-refractivity contribution in [2.75, 3.05) is 13.1 Å². The lowest BCUT2D eigenvalue weighted by atomic mass is 9.93. The number of nitrogens with zero attached hydrogens (tertiary/aromatic N) is 2. The first kappa shape index (κ1) is 20.0. The molecule has 2 aliphatic heterocycles. The molecule has 1 saturated carbocycles. The van der Waals surface area contributed by atoms with Crippen molar-refractivity contribution in [1.29, 1.82) is 0 Å². The minimum atomic E-state index is -0.563. The summed E-state index contributed by atoms with van der Waals surface area (Å²) in [5, 5.41) is 2.35. The molecule has 1 saturated heterocycles. The normalized spacial score (nSPS) is 22.9. The second-order valence-corrected chi connectivity index (χ2v) is 8.44.